The molecule has 1 saturated heterocycles. The van der Waals surface area contributed by atoms with Crippen LogP contribution in [0.3, 0.4) is 0 Å². The van der Waals surface area contributed by atoms with Gasteiger partial charge in [0.2, 0.25) is 0 Å². The van der Waals surface area contributed by atoms with Crippen molar-refractivity contribution < 1.29 is 9.47 Å². The number of benzene rings is 1. The fraction of sp³-hybridized carbons (Fsp3) is 0.400. The van der Waals surface area contributed by atoms with Crippen molar-refractivity contribution >= 4 is 16.6 Å². The normalized spacial score (nSPS) is 21.7. The Morgan fingerprint density at radius 3 is 2.95 bits per heavy atom. The van der Waals surface area contributed by atoms with Gasteiger partial charge in [-0.25, -0.2) is 0 Å². The van der Waals surface area contributed by atoms with E-state index >= 15 is 0 Å². The predicted molar refractivity (Wildman–Crippen MR) is 75.1 cm³/mol. The van der Waals surface area contributed by atoms with E-state index in [2.05, 4.69) is 16.4 Å². The SMILES string of the molecule is CC1(C)OCC(CNc2ccnc3ccccc23)O1. The zero-order valence-corrected chi connectivity index (χ0v) is 11.2. The van der Waals surface area contributed by atoms with Crippen molar-refractivity contribution in [3.63, 3.8) is 0 Å². The molecule has 0 amide bonds. The molecule has 3 rings (SSSR count). The average molecular weight is 258 g/mol. The first kappa shape index (κ1) is 12.4. The number of pyridine rings is 1. The molecule has 1 unspecified atom stereocenters. The van der Waals surface area contributed by atoms with Crippen LogP contribution in [-0.4, -0.2) is 30.0 Å². The molecule has 2 heterocycles. The number of anilines is 1. The van der Waals surface area contributed by atoms with E-state index in [-0.39, 0.29) is 6.10 Å². The Bertz CT molecular complexity index is 578. The maximum atomic E-state index is 5.78. The van der Waals surface area contributed by atoms with Crippen LogP contribution in [0.15, 0.2) is 36.5 Å². The lowest BCUT2D eigenvalue weighted by molar-refractivity contribution is -0.136. The monoisotopic (exact) mass is 258 g/mol. The van der Waals surface area contributed by atoms with E-state index in [1.54, 1.807) is 0 Å². The third-order valence-corrected chi connectivity index (χ3v) is 3.24. The molecule has 0 spiro atoms. The molecule has 0 radical (unpaired) electrons. The molecule has 19 heavy (non-hydrogen) atoms. The van der Waals surface area contributed by atoms with Crippen molar-refractivity contribution in [2.75, 3.05) is 18.5 Å². The Kier molecular flexibility index (Phi) is 3.12. The van der Waals surface area contributed by atoms with Crippen LogP contribution in [0, 0.1) is 0 Å². The Morgan fingerprint density at radius 2 is 2.16 bits per heavy atom. The zero-order valence-electron chi connectivity index (χ0n) is 11.2. The van der Waals surface area contributed by atoms with E-state index in [1.165, 1.54) is 0 Å². The highest BCUT2D eigenvalue weighted by Gasteiger charge is 2.32. The minimum absolute atomic E-state index is 0.0851. The van der Waals surface area contributed by atoms with Crippen LogP contribution in [0.2, 0.25) is 0 Å². The van der Waals surface area contributed by atoms with Crippen molar-refractivity contribution in [3.05, 3.63) is 36.5 Å². The number of rotatable bonds is 3. The first-order valence-corrected chi connectivity index (χ1v) is 6.53. The summed E-state index contributed by atoms with van der Waals surface area (Å²) in [5.41, 5.74) is 2.08. The number of hydrogen-bond donors (Lipinski definition) is 1. The lowest BCUT2D eigenvalue weighted by Gasteiger charge is -2.18. The van der Waals surface area contributed by atoms with E-state index in [1.807, 2.05) is 44.3 Å². The molecule has 2 aromatic rings. The van der Waals surface area contributed by atoms with Gasteiger partial charge in [0, 0.05) is 23.8 Å². The van der Waals surface area contributed by atoms with E-state index < -0.39 is 5.79 Å². The molecular weight excluding hydrogens is 240 g/mol. The quantitative estimate of drug-likeness (QED) is 0.919. The molecule has 0 bridgehead atoms. The molecule has 0 aliphatic carbocycles. The molecule has 1 aromatic carbocycles. The van der Waals surface area contributed by atoms with Gasteiger partial charge in [0.1, 0.15) is 6.10 Å². The van der Waals surface area contributed by atoms with Gasteiger partial charge < -0.3 is 14.8 Å². The summed E-state index contributed by atoms with van der Waals surface area (Å²) in [5, 5.41) is 4.55. The lowest BCUT2D eigenvalue weighted by Crippen LogP contribution is -2.26. The summed E-state index contributed by atoms with van der Waals surface area (Å²) < 4.78 is 11.3. The molecule has 1 aliphatic rings. The molecule has 1 fully saturated rings. The fourth-order valence-corrected chi connectivity index (χ4v) is 2.34. The molecular formula is C15H18N2O2. The Labute approximate surface area is 112 Å². The number of hydrogen-bond acceptors (Lipinski definition) is 4. The van der Waals surface area contributed by atoms with Gasteiger partial charge in [-0.15, -0.1) is 0 Å². The minimum Gasteiger partial charge on any atom is -0.382 e. The molecule has 100 valence electrons. The first-order valence-electron chi connectivity index (χ1n) is 6.53. The number of fused-ring (bicyclic) bond motifs is 1. The number of ether oxygens (including phenoxy) is 2. The van der Waals surface area contributed by atoms with Gasteiger partial charge in [0.25, 0.3) is 0 Å². The highest BCUT2D eigenvalue weighted by Crippen LogP contribution is 2.24. The summed E-state index contributed by atoms with van der Waals surface area (Å²) in [4.78, 5) is 4.35. The van der Waals surface area contributed by atoms with Gasteiger partial charge in [-0.3, -0.25) is 4.98 Å². The van der Waals surface area contributed by atoms with Gasteiger partial charge in [0.05, 0.1) is 12.1 Å². The van der Waals surface area contributed by atoms with Crippen LogP contribution >= 0.6 is 0 Å². The van der Waals surface area contributed by atoms with Gasteiger partial charge in [0.15, 0.2) is 5.79 Å². The standard InChI is InChI=1S/C15H18N2O2/c1-15(2)18-10-11(19-15)9-17-14-7-8-16-13-6-4-3-5-12(13)14/h3-8,11H,9-10H2,1-2H3,(H,16,17). The molecule has 4 nitrogen and oxygen atoms in total. The van der Waals surface area contributed by atoms with Gasteiger partial charge >= 0.3 is 0 Å². The summed E-state index contributed by atoms with van der Waals surface area (Å²) in [6.07, 6.45) is 1.91. The van der Waals surface area contributed by atoms with Crippen LogP contribution in [0.5, 0.6) is 0 Å². The molecule has 1 aromatic heterocycles. The summed E-state index contributed by atoms with van der Waals surface area (Å²) in [6.45, 7) is 5.24. The second-order valence-electron chi connectivity index (χ2n) is 5.21. The van der Waals surface area contributed by atoms with Crippen molar-refractivity contribution in [2.45, 2.75) is 25.7 Å². The maximum Gasteiger partial charge on any atom is 0.163 e. The molecule has 1 N–H and O–H groups in total. The van der Waals surface area contributed by atoms with Crippen molar-refractivity contribution in [1.29, 1.82) is 0 Å². The summed E-state index contributed by atoms with van der Waals surface area (Å²) in [5.74, 6) is -0.466. The lowest BCUT2D eigenvalue weighted by atomic mass is 10.2. The number of nitrogens with one attached hydrogen (secondary N) is 1. The van der Waals surface area contributed by atoms with E-state index in [0.29, 0.717) is 6.61 Å². The smallest absolute Gasteiger partial charge is 0.163 e. The third kappa shape index (κ3) is 2.69. The van der Waals surface area contributed by atoms with Gasteiger partial charge in [-0.1, -0.05) is 18.2 Å². The second-order valence-corrected chi connectivity index (χ2v) is 5.21. The molecule has 0 saturated carbocycles. The van der Waals surface area contributed by atoms with E-state index in [4.69, 9.17) is 9.47 Å². The largest absolute Gasteiger partial charge is 0.382 e. The Hall–Kier alpha value is -1.65. The zero-order chi connectivity index (χ0) is 13.3. The highest BCUT2D eigenvalue weighted by molar-refractivity contribution is 5.90. The topological polar surface area (TPSA) is 43.4 Å². The number of nitrogens with zero attached hydrogens (tertiary/aromatic N) is 1. The van der Waals surface area contributed by atoms with Crippen molar-refractivity contribution in [3.8, 4) is 0 Å². The number of aromatic nitrogens is 1. The first-order chi connectivity index (χ1) is 9.14. The van der Waals surface area contributed by atoms with Crippen molar-refractivity contribution in [2.24, 2.45) is 0 Å². The van der Waals surface area contributed by atoms with Crippen LogP contribution in [0.25, 0.3) is 10.9 Å². The van der Waals surface area contributed by atoms with Crippen molar-refractivity contribution in [1.82, 2.24) is 4.98 Å². The summed E-state index contributed by atoms with van der Waals surface area (Å²) >= 11 is 0. The summed E-state index contributed by atoms with van der Waals surface area (Å²) in [6, 6.07) is 10.1. The van der Waals surface area contributed by atoms with Gasteiger partial charge in [-0.2, -0.15) is 0 Å². The van der Waals surface area contributed by atoms with Crippen LogP contribution in [-0.2, 0) is 9.47 Å². The predicted octanol–water partition coefficient (Wildman–Crippen LogP) is 2.80. The second kappa shape index (κ2) is 4.79. The summed E-state index contributed by atoms with van der Waals surface area (Å²) in [7, 11) is 0. The van der Waals surface area contributed by atoms with Crippen LogP contribution < -0.4 is 5.32 Å². The average Bonchev–Trinajstić information content (AvgIpc) is 2.76. The maximum absolute atomic E-state index is 5.78. The molecule has 1 aliphatic heterocycles. The van der Waals surface area contributed by atoms with Crippen LogP contribution in [0.4, 0.5) is 5.69 Å². The van der Waals surface area contributed by atoms with Gasteiger partial charge in [-0.05, 0) is 26.0 Å². The Balaban J connectivity index is 1.72. The van der Waals surface area contributed by atoms with E-state index in [0.717, 1.165) is 23.1 Å². The van der Waals surface area contributed by atoms with Crippen LogP contribution in [0.1, 0.15) is 13.8 Å². The minimum atomic E-state index is -0.466. The molecule has 1 atom stereocenters. The Morgan fingerprint density at radius 1 is 1.32 bits per heavy atom. The third-order valence-electron chi connectivity index (χ3n) is 3.24. The highest BCUT2D eigenvalue weighted by atomic mass is 16.7. The fourth-order valence-electron chi connectivity index (χ4n) is 2.34. The van der Waals surface area contributed by atoms with E-state index in [9.17, 15) is 0 Å². The number of para-hydroxylation sites is 1. The molecule has 4 heteroatoms.